The van der Waals surface area contributed by atoms with E-state index in [1.165, 1.54) is 0 Å². The molecule has 0 atom stereocenters. The Morgan fingerprint density at radius 3 is 2.94 bits per heavy atom. The van der Waals surface area contributed by atoms with Crippen LogP contribution in [0.1, 0.15) is 19.8 Å². The number of benzene rings is 1. The Labute approximate surface area is 94.1 Å². The van der Waals surface area contributed by atoms with E-state index in [0.29, 0.717) is 12.0 Å². The number of hydrogen-bond acceptors (Lipinski definition) is 2. The minimum absolute atomic E-state index is 0.0709. The molecule has 2 rings (SSSR count). The summed E-state index contributed by atoms with van der Waals surface area (Å²) in [6.07, 6.45) is 3.78. The van der Waals surface area contributed by atoms with Crippen molar-refractivity contribution in [2.75, 3.05) is 6.61 Å². The van der Waals surface area contributed by atoms with Crippen molar-refractivity contribution in [3.05, 3.63) is 40.8 Å². The zero-order valence-corrected chi connectivity index (χ0v) is 9.32. The molecule has 0 spiro atoms. The van der Waals surface area contributed by atoms with E-state index in [1.807, 2.05) is 18.2 Å². The van der Waals surface area contributed by atoms with Gasteiger partial charge in [0.1, 0.15) is 5.75 Å². The molecule has 1 aromatic carbocycles. The first-order chi connectivity index (χ1) is 7.83. The summed E-state index contributed by atoms with van der Waals surface area (Å²) >= 11 is 0. The molecule has 0 saturated carbocycles. The predicted molar refractivity (Wildman–Crippen MR) is 65.0 cm³/mol. The summed E-state index contributed by atoms with van der Waals surface area (Å²) in [5.41, 5.74) is -0.0709. The first kappa shape index (κ1) is 10.7. The lowest BCUT2D eigenvalue weighted by molar-refractivity contribution is 0.313. The molecule has 1 aromatic heterocycles. The second kappa shape index (κ2) is 4.84. The number of unbranched alkanes of at least 4 members (excludes halogenated alkanes) is 1. The molecule has 0 radical (unpaired) electrons. The van der Waals surface area contributed by atoms with Gasteiger partial charge >= 0.3 is 0 Å². The Balaban J connectivity index is 2.38. The Hall–Kier alpha value is -1.77. The van der Waals surface area contributed by atoms with Crippen molar-refractivity contribution < 1.29 is 4.74 Å². The van der Waals surface area contributed by atoms with Crippen molar-refractivity contribution in [2.24, 2.45) is 0 Å². The summed E-state index contributed by atoms with van der Waals surface area (Å²) in [6.45, 7) is 2.82. The van der Waals surface area contributed by atoms with Crippen LogP contribution < -0.4 is 10.3 Å². The van der Waals surface area contributed by atoms with Crippen LogP contribution in [0.2, 0.25) is 0 Å². The van der Waals surface area contributed by atoms with Crippen molar-refractivity contribution >= 4 is 10.8 Å². The van der Waals surface area contributed by atoms with Gasteiger partial charge in [-0.15, -0.1) is 0 Å². The summed E-state index contributed by atoms with van der Waals surface area (Å²) < 4.78 is 5.66. The van der Waals surface area contributed by atoms with E-state index in [-0.39, 0.29) is 5.56 Å². The van der Waals surface area contributed by atoms with Gasteiger partial charge in [-0.25, -0.2) is 0 Å². The van der Waals surface area contributed by atoms with Gasteiger partial charge in [-0.1, -0.05) is 19.4 Å². The summed E-state index contributed by atoms with van der Waals surface area (Å²) in [4.78, 5) is 14.2. The maximum Gasteiger partial charge on any atom is 0.255 e. The monoisotopic (exact) mass is 217 g/mol. The molecular formula is C13H15NO2. The van der Waals surface area contributed by atoms with Gasteiger partial charge in [-0.05, 0) is 24.6 Å². The number of aromatic nitrogens is 1. The average Bonchev–Trinajstić information content (AvgIpc) is 2.31. The molecule has 0 saturated heterocycles. The van der Waals surface area contributed by atoms with Crippen molar-refractivity contribution in [1.29, 1.82) is 0 Å². The highest BCUT2D eigenvalue weighted by Crippen LogP contribution is 2.22. The molecule has 0 aliphatic rings. The highest BCUT2D eigenvalue weighted by atomic mass is 16.5. The van der Waals surface area contributed by atoms with E-state index in [9.17, 15) is 4.79 Å². The maximum absolute atomic E-state index is 11.5. The molecule has 0 unspecified atom stereocenters. The van der Waals surface area contributed by atoms with Crippen LogP contribution >= 0.6 is 0 Å². The SMILES string of the molecule is CCCCOc1cccc2c(=O)[nH]ccc12. The number of ether oxygens (including phenoxy) is 1. The largest absolute Gasteiger partial charge is 0.493 e. The Morgan fingerprint density at radius 2 is 2.12 bits per heavy atom. The number of hydrogen-bond donors (Lipinski definition) is 1. The fourth-order valence-corrected chi connectivity index (χ4v) is 1.64. The molecule has 84 valence electrons. The fourth-order valence-electron chi connectivity index (χ4n) is 1.64. The normalized spacial score (nSPS) is 10.6. The molecule has 2 aromatic rings. The molecule has 3 heteroatoms. The maximum atomic E-state index is 11.5. The van der Waals surface area contributed by atoms with Crippen LogP contribution in [0.25, 0.3) is 10.8 Å². The van der Waals surface area contributed by atoms with E-state index < -0.39 is 0 Å². The summed E-state index contributed by atoms with van der Waals surface area (Å²) in [6, 6.07) is 7.43. The minimum atomic E-state index is -0.0709. The van der Waals surface area contributed by atoms with Crippen LogP contribution in [-0.4, -0.2) is 11.6 Å². The summed E-state index contributed by atoms with van der Waals surface area (Å²) in [5, 5.41) is 1.55. The van der Waals surface area contributed by atoms with Crippen molar-refractivity contribution in [3.63, 3.8) is 0 Å². The van der Waals surface area contributed by atoms with Gasteiger partial charge in [0, 0.05) is 11.6 Å². The molecule has 3 nitrogen and oxygen atoms in total. The molecule has 1 N–H and O–H groups in total. The van der Waals surface area contributed by atoms with Gasteiger partial charge in [-0.3, -0.25) is 4.79 Å². The van der Waals surface area contributed by atoms with Crippen LogP contribution in [0.15, 0.2) is 35.3 Å². The highest BCUT2D eigenvalue weighted by Gasteiger charge is 2.03. The van der Waals surface area contributed by atoms with Crippen LogP contribution in [-0.2, 0) is 0 Å². The van der Waals surface area contributed by atoms with Gasteiger partial charge in [0.05, 0.1) is 12.0 Å². The van der Waals surface area contributed by atoms with Crippen LogP contribution in [0.3, 0.4) is 0 Å². The molecule has 0 bridgehead atoms. The third kappa shape index (κ3) is 2.08. The lowest BCUT2D eigenvalue weighted by atomic mass is 10.1. The third-order valence-electron chi connectivity index (χ3n) is 2.53. The van der Waals surface area contributed by atoms with E-state index in [0.717, 1.165) is 24.0 Å². The Kier molecular flexibility index (Phi) is 3.25. The number of nitrogens with one attached hydrogen (secondary N) is 1. The predicted octanol–water partition coefficient (Wildman–Crippen LogP) is 2.71. The quantitative estimate of drug-likeness (QED) is 0.800. The van der Waals surface area contributed by atoms with E-state index >= 15 is 0 Å². The van der Waals surface area contributed by atoms with Gasteiger partial charge in [0.25, 0.3) is 5.56 Å². The minimum Gasteiger partial charge on any atom is -0.493 e. The van der Waals surface area contributed by atoms with E-state index in [2.05, 4.69) is 11.9 Å². The first-order valence-corrected chi connectivity index (χ1v) is 5.56. The third-order valence-corrected chi connectivity index (χ3v) is 2.53. The molecule has 0 fully saturated rings. The second-order valence-electron chi connectivity index (χ2n) is 3.73. The number of pyridine rings is 1. The van der Waals surface area contributed by atoms with E-state index in [1.54, 1.807) is 12.3 Å². The smallest absolute Gasteiger partial charge is 0.255 e. The van der Waals surface area contributed by atoms with Gasteiger partial charge < -0.3 is 9.72 Å². The topological polar surface area (TPSA) is 42.1 Å². The lowest BCUT2D eigenvalue weighted by Gasteiger charge is -2.07. The number of aromatic amines is 1. The molecule has 0 aliphatic heterocycles. The summed E-state index contributed by atoms with van der Waals surface area (Å²) in [5.74, 6) is 0.789. The van der Waals surface area contributed by atoms with Crippen molar-refractivity contribution in [3.8, 4) is 5.75 Å². The van der Waals surface area contributed by atoms with Crippen molar-refractivity contribution in [1.82, 2.24) is 4.98 Å². The number of fused-ring (bicyclic) bond motifs is 1. The van der Waals surface area contributed by atoms with Crippen LogP contribution in [0.5, 0.6) is 5.75 Å². The van der Waals surface area contributed by atoms with Crippen LogP contribution in [0.4, 0.5) is 0 Å². The molecular weight excluding hydrogens is 202 g/mol. The first-order valence-electron chi connectivity index (χ1n) is 5.56. The zero-order chi connectivity index (χ0) is 11.4. The lowest BCUT2D eigenvalue weighted by Crippen LogP contribution is -2.05. The standard InChI is InChI=1S/C13H15NO2/c1-2-3-9-16-12-6-4-5-11-10(12)7-8-14-13(11)15/h4-8H,2-3,9H2,1H3,(H,14,15). The van der Waals surface area contributed by atoms with Crippen molar-refractivity contribution in [2.45, 2.75) is 19.8 Å². The zero-order valence-electron chi connectivity index (χ0n) is 9.32. The summed E-state index contributed by atoms with van der Waals surface area (Å²) in [7, 11) is 0. The molecule has 0 aliphatic carbocycles. The highest BCUT2D eigenvalue weighted by molar-refractivity contribution is 5.87. The van der Waals surface area contributed by atoms with E-state index in [4.69, 9.17) is 4.74 Å². The molecule has 16 heavy (non-hydrogen) atoms. The Bertz CT molecular complexity index is 531. The van der Waals surface area contributed by atoms with Gasteiger partial charge in [-0.2, -0.15) is 0 Å². The average molecular weight is 217 g/mol. The van der Waals surface area contributed by atoms with Gasteiger partial charge in [0.2, 0.25) is 0 Å². The molecule has 1 heterocycles. The Morgan fingerprint density at radius 1 is 1.25 bits per heavy atom. The number of H-pyrrole nitrogens is 1. The molecule has 0 amide bonds. The van der Waals surface area contributed by atoms with Crippen LogP contribution in [0, 0.1) is 0 Å². The number of rotatable bonds is 4. The second-order valence-corrected chi connectivity index (χ2v) is 3.73. The van der Waals surface area contributed by atoms with Gasteiger partial charge in [0.15, 0.2) is 0 Å². The fraction of sp³-hybridized carbons (Fsp3) is 0.308.